The van der Waals surface area contributed by atoms with Crippen LogP contribution in [0.25, 0.3) is 0 Å². The summed E-state index contributed by atoms with van der Waals surface area (Å²) in [5, 5.41) is 0. The predicted octanol–water partition coefficient (Wildman–Crippen LogP) is 0.654. The third-order valence-electron chi connectivity index (χ3n) is 3.64. The van der Waals surface area contributed by atoms with E-state index >= 15 is 0 Å². The Hall–Kier alpha value is -0.570. The van der Waals surface area contributed by atoms with Crippen molar-refractivity contribution in [2.75, 3.05) is 45.9 Å². The van der Waals surface area contributed by atoms with Gasteiger partial charge in [-0.3, -0.25) is 9.79 Å². The highest BCUT2D eigenvalue weighted by Gasteiger charge is 2.16. The van der Waals surface area contributed by atoms with E-state index in [1.165, 1.54) is 6.42 Å². The Kier molecular flexibility index (Phi) is 8.20. The second-order valence-corrected chi connectivity index (χ2v) is 5.03. The first-order valence-corrected chi connectivity index (χ1v) is 7.18. The quantitative estimate of drug-likeness (QED) is 0.432. The molecule has 2 saturated heterocycles. The number of aliphatic imine (C=N–C) groups is 1. The first-order chi connectivity index (χ1) is 9.27. The molecule has 0 aromatic carbocycles. The fourth-order valence-corrected chi connectivity index (χ4v) is 2.46. The van der Waals surface area contributed by atoms with Gasteiger partial charge in [0, 0.05) is 32.6 Å². The summed E-state index contributed by atoms with van der Waals surface area (Å²) in [6.45, 7) is 5.26. The Morgan fingerprint density at radius 3 is 2.35 bits per heavy atom. The Balaban J connectivity index is 0.00000200. The van der Waals surface area contributed by atoms with Gasteiger partial charge in [-0.15, -0.1) is 24.0 Å². The molecular weight excluding hydrogens is 371 g/mol. The van der Waals surface area contributed by atoms with Crippen LogP contribution in [0.2, 0.25) is 0 Å². The summed E-state index contributed by atoms with van der Waals surface area (Å²) >= 11 is 0. The number of halogens is 1. The topological polar surface area (TPSA) is 71.2 Å². The minimum Gasteiger partial charge on any atom is -0.378 e. The lowest BCUT2D eigenvalue weighted by molar-refractivity contribution is -0.131. The van der Waals surface area contributed by atoms with Crippen LogP contribution in [-0.4, -0.2) is 67.6 Å². The normalized spacial score (nSPS) is 20.5. The summed E-state index contributed by atoms with van der Waals surface area (Å²) in [4.78, 5) is 20.2. The highest BCUT2D eigenvalue weighted by molar-refractivity contribution is 14.0. The van der Waals surface area contributed by atoms with E-state index in [1.54, 1.807) is 0 Å². The zero-order valence-electron chi connectivity index (χ0n) is 11.9. The van der Waals surface area contributed by atoms with Gasteiger partial charge in [-0.05, 0) is 19.3 Å². The number of hydrogen-bond acceptors (Lipinski definition) is 3. The molecule has 2 aliphatic rings. The van der Waals surface area contributed by atoms with E-state index in [9.17, 15) is 4.79 Å². The first-order valence-electron chi connectivity index (χ1n) is 7.18. The van der Waals surface area contributed by atoms with Gasteiger partial charge in [0.15, 0.2) is 5.96 Å². The van der Waals surface area contributed by atoms with Crippen LogP contribution in [0, 0.1) is 0 Å². The second-order valence-electron chi connectivity index (χ2n) is 5.03. The van der Waals surface area contributed by atoms with Crippen molar-refractivity contribution in [2.24, 2.45) is 10.7 Å². The average Bonchev–Trinajstić information content (AvgIpc) is 2.49. The van der Waals surface area contributed by atoms with Crippen molar-refractivity contribution in [3.05, 3.63) is 0 Å². The minimum atomic E-state index is 0. The smallest absolute Gasteiger partial charge is 0.224 e. The summed E-state index contributed by atoms with van der Waals surface area (Å²) < 4.78 is 5.26. The summed E-state index contributed by atoms with van der Waals surface area (Å²) in [5.74, 6) is 0.743. The number of likely N-dealkylation sites (tertiary alicyclic amines) is 1. The van der Waals surface area contributed by atoms with Crippen LogP contribution in [0.4, 0.5) is 0 Å². The molecule has 0 atom stereocenters. The molecule has 7 heteroatoms. The molecule has 0 saturated carbocycles. The summed E-state index contributed by atoms with van der Waals surface area (Å²) in [6, 6.07) is 0. The van der Waals surface area contributed by atoms with Gasteiger partial charge >= 0.3 is 0 Å². The molecule has 2 aliphatic heterocycles. The van der Waals surface area contributed by atoms with E-state index in [2.05, 4.69) is 4.99 Å². The van der Waals surface area contributed by atoms with Crippen LogP contribution in [0.1, 0.15) is 25.7 Å². The highest BCUT2D eigenvalue weighted by atomic mass is 127. The Morgan fingerprint density at radius 1 is 1.05 bits per heavy atom. The number of piperidine rings is 1. The fourth-order valence-electron chi connectivity index (χ4n) is 2.46. The maximum Gasteiger partial charge on any atom is 0.224 e. The van der Waals surface area contributed by atoms with Gasteiger partial charge in [0.2, 0.25) is 5.91 Å². The lowest BCUT2D eigenvalue weighted by Gasteiger charge is -2.28. The molecule has 2 fully saturated rings. The molecule has 0 aromatic heterocycles. The number of ether oxygens (including phenoxy) is 1. The molecule has 0 spiro atoms. The predicted molar refractivity (Wildman–Crippen MR) is 89.3 cm³/mol. The van der Waals surface area contributed by atoms with Crippen LogP contribution < -0.4 is 5.73 Å². The molecule has 0 unspecified atom stereocenters. The number of carbonyl (C=O) groups excluding carboxylic acids is 1. The average molecular weight is 396 g/mol. The van der Waals surface area contributed by atoms with Gasteiger partial charge in [-0.2, -0.15) is 0 Å². The second kappa shape index (κ2) is 9.38. The zero-order chi connectivity index (χ0) is 13.5. The van der Waals surface area contributed by atoms with Crippen molar-refractivity contribution in [1.82, 2.24) is 9.80 Å². The Morgan fingerprint density at radius 2 is 1.70 bits per heavy atom. The van der Waals surface area contributed by atoms with Crippen LogP contribution in [0.15, 0.2) is 4.99 Å². The molecule has 2 N–H and O–H groups in total. The number of hydrogen-bond donors (Lipinski definition) is 1. The number of carbonyl (C=O) groups is 1. The molecule has 6 nitrogen and oxygen atoms in total. The van der Waals surface area contributed by atoms with Crippen molar-refractivity contribution in [3.8, 4) is 0 Å². The number of morpholine rings is 1. The zero-order valence-corrected chi connectivity index (χ0v) is 14.3. The first kappa shape index (κ1) is 17.5. The molecule has 2 heterocycles. The van der Waals surface area contributed by atoms with E-state index in [4.69, 9.17) is 10.5 Å². The number of nitrogens with two attached hydrogens (primary N) is 1. The maximum atomic E-state index is 11.9. The molecule has 2 rings (SSSR count). The van der Waals surface area contributed by atoms with E-state index < -0.39 is 0 Å². The van der Waals surface area contributed by atoms with Crippen LogP contribution in [0.5, 0.6) is 0 Å². The number of nitrogens with zero attached hydrogens (tertiary/aromatic N) is 3. The molecule has 0 aliphatic carbocycles. The van der Waals surface area contributed by atoms with Gasteiger partial charge < -0.3 is 20.3 Å². The number of guanidine groups is 1. The van der Waals surface area contributed by atoms with Crippen molar-refractivity contribution >= 4 is 35.8 Å². The highest BCUT2D eigenvalue weighted by Crippen LogP contribution is 2.09. The van der Waals surface area contributed by atoms with Crippen molar-refractivity contribution in [3.63, 3.8) is 0 Å². The van der Waals surface area contributed by atoms with Gasteiger partial charge in [-0.1, -0.05) is 0 Å². The third kappa shape index (κ3) is 5.43. The van der Waals surface area contributed by atoms with Gasteiger partial charge in [-0.25, -0.2) is 0 Å². The lowest BCUT2D eigenvalue weighted by Crippen LogP contribution is -2.45. The van der Waals surface area contributed by atoms with E-state index in [1.807, 2.05) is 9.80 Å². The molecule has 0 radical (unpaired) electrons. The van der Waals surface area contributed by atoms with E-state index in [0.29, 0.717) is 32.1 Å². The summed E-state index contributed by atoms with van der Waals surface area (Å²) in [6.07, 6.45) is 3.97. The Labute approximate surface area is 137 Å². The standard InChI is InChI=1S/C13H24N4O2.HI/c14-13(17-8-10-19-11-9-17)15-5-4-12(18)16-6-2-1-3-7-16;/h1-11H2,(H2,14,15);1H. The molecule has 20 heavy (non-hydrogen) atoms. The largest absolute Gasteiger partial charge is 0.378 e. The third-order valence-corrected chi connectivity index (χ3v) is 3.64. The monoisotopic (exact) mass is 396 g/mol. The van der Waals surface area contributed by atoms with E-state index in [0.717, 1.165) is 39.0 Å². The maximum absolute atomic E-state index is 11.9. The van der Waals surface area contributed by atoms with Crippen LogP contribution in [0.3, 0.4) is 0 Å². The summed E-state index contributed by atoms with van der Waals surface area (Å²) in [7, 11) is 0. The van der Waals surface area contributed by atoms with Crippen LogP contribution in [-0.2, 0) is 9.53 Å². The van der Waals surface area contributed by atoms with Gasteiger partial charge in [0.1, 0.15) is 0 Å². The lowest BCUT2D eigenvalue weighted by atomic mass is 10.1. The Bertz CT molecular complexity index is 326. The van der Waals surface area contributed by atoms with Gasteiger partial charge in [0.25, 0.3) is 0 Å². The number of rotatable bonds is 3. The summed E-state index contributed by atoms with van der Waals surface area (Å²) in [5.41, 5.74) is 5.91. The molecular formula is C13H25IN4O2. The molecule has 1 amide bonds. The van der Waals surface area contributed by atoms with E-state index in [-0.39, 0.29) is 29.9 Å². The van der Waals surface area contributed by atoms with Crippen molar-refractivity contribution < 1.29 is 9.53 Å². The molecule has 0 aromatic rings. The SMILES string of the molecule is I.NC(=NCCC(=O)N1CCCCC1)N1CCOCC1. The van der Waals surface area contributed by atoms with Gasteiger partial charge in [0.05, 0.1) is 19.8 Å². The number of amides is 1. The minimum absolute atomic E-state index is 0. The van der Waals surface area contributed by atoms with Crippen LogP contribution >= 0.6 is 24.0 Å². The fraction of sp³-hybridized carbons (Fsp3) is 0.846. The van der Waals surface area contributed by atoms with Crippen molar-refractivity contribution in [2.45, 2.75) is 25.7 Å². The molecule has 0 bridgehead atoms. The molecule has 116 valence electrons. The van der Waals surface area contributed by atoms with Crippen molar-refractivity contribution in [1.29, 1.82) is 0 Å².